The standard InChI is InChI=1S/C34H42O10/c1-8-23(37)42-26-17(2)15-34(44-19(4)36)25(26)28(43-29(38)20-12-10-9-11-13-20)33-16-40-32(7,30(34)39)27(33)24-21(31(24,5)6)14-22(33)41-18(3)35/h9-13,17,21-22,24-28H,8,14-16H2,1-7H3. The van der Waals surface area contributed by atoms with Crippen molar-refractivity contribution in [3.8, 4) is 0 Å². The molecule has 11 unspecified atom stereocenters. The summed E-state index contributed by atoms with van der Waals surface area (Å²) in [5.74, 6) is -4.70. The molecule has 11 atom stereocenters. The van der Waals surface area contributed by atoms with Gasteiger partial charge in [0.2, 0.25) is 5.78 Å². The summed E-state index contributed by atoms with van der Waals surface area (Å²) in [5.41, 5.74) is -4.40. The second-order valence-corrected chi connectivity index (χ2v) is 14.3. The van der Waals surface area contributed by atoms with Crippen molar-refractivity contribution in [1.29, 1.82) is 0 Å². The molecule has 0 amide bonds. The van der Waals surface area contributed by atoms with Gasteiger partial charge in [0.05, 0.1) is 23.5 Å². The molecule has 0 spiro atoms. The van der Waals surface area contributed by atoms with Crippen molar-refractivity contribution in [3.05, 3.63) is 35.9 Å². The Balaban J connectivity index is 1.63. The van der Waals surface area contributed by atoms with Gasteiger partial charge in [-0.15, -0.1) is 0 Å². The third kappa shape index (κ3) is 4.12. The van der Waals surface area contributed by atoms with Crippen LogP contribution in [0.5, 0.6) is 0 Å². The second-order valence-electron chi connectivity index (χ2n) is 14.3. The van der Waals surface area contributed by atoms with Crippen LogP contribution >= 0.6 is 0 Å². The van der Waals surface area contributed by atoms with E-state index in [1.807, 2.05) is 6.92 Å². The number of carbonyl (C=O) groups is 5. The maximum absolute atomic E-state index is 15.2. The average Bonchev–Trinajstić information content (AvgIpc) is 3.21. The highest BCUT2D eigenvalue weighted by Crippen LogP contribution is 2.78. The molecule has 10 heteroatoms. The lowest BCUT2D eigenvalue weighted by atomic mass is 9.57. The number of Topliss-reactive ketones (excluding diaryl/α,β-unsaturated/α-hetero) is 1. The van der Waals surface area contributed by atoms with Crippen LogP contribution in [0.15, 0.2) is 30.3 Å². The van der Waals surface area contributed by atoms with E-state index in [2.05, 4.69) is 13.8 Å². The molecule has 0 N–H and O–H groups in total. The molecule has 2 bridgehead atoms. The Labute approximate surface area is 257 Å². The van der Waals surface area contributed by atoms with Crippen LogP contribution in [0.4, 0.5) is 0 Å². The number of esters is 4. The molecule has 10 nitrogen and oxygen atoms in total. The van der Waals surface area contributed by atoms with Crippen molar-refractivity contribution in [2.45, 2.75) is 97.2 Å². The van der Waals surface area contributed by atoms with Crippen LogP contribution in [0, 0.1) is 40.4 Å². The predicted molar refractivity (Wildman–Crippen MR) is 154 cm³/mol. The maximum atomic E-state index is 15.2. The minimum Gasteiger partial charge on any atom is -0.462 e. The molecule has 5 fully saturated rings. The minimum atomic E-state index is -1.82. The van der Waals surface area contributed by atoms with E-state index in [0.29, 0.717) is 6.42 Å². The fourth-order valence-electron chi connectivity index (χ4n) is 9.84. The first kappa shape index (κ1) is 30.7. The lowest BCUT2D eigenvalue weighted by Crippen LogP contribution is -2.62. The Morgan fingerprint density at radius 1 is 0.955 bits per heavy atom. The fraction of sp³-hybridized carbons (Fsp3) is 0.676. The number of hydrogen-bond donors (Lipinski definition) is 0. The van der Waals surface area contributed by atoms with Crippen LogP contribution in [0.2, 0.25) is 0 Å². The highest BCUT2D eigenvalue weighted by atomic mass is 16.6. The quantitative estimate of drug-likeness (QED) is 0.343. The summed E-state index contributed by atoms with van der Waals surface area (Å²) in [4.78, 5) is 67.6. The molecule has 0 radical (unpaired) electrons. The summed E-state index contributed by atoms with van der Waals surface area (Å²) < 4.78 is 31.4. The lowest BCUT2D eigenvalue weighted by molar-refractivity contribution is -0.208. The van der Waals surface area contributed by atoms with Crippen LogP contribution in [0.3, 0.4) is 0 Å². The van der Waals surface area contributed by atoms with Crippen molar-refractivity contribution in [1.82, 2.24) is 0 Å². The summed E-state index contributed by atoms with van der Waals surface area (Å²) in [6, 6.07) is 8.48. The SMILES string of the molecule is CCC(=O)OC1C(C)CC2(OC(C)=O)C(=O)C3(C)OCC4(C(OC(C)=O)CC5C(C34)C5(C)C)C(OC(=O)c3ccccc3)C12. The first-order valence-electron chi connectivity index (χ1n) is 15.7. The molecule has 6 rings (SSSR count). The molecule has 5 aliphatic rings. The zero-order valence-corrected chi connectivity index (χ0v) is 26.4. The minimum absolute atomic E-state index is 0.0223. The molecule has 1 saturated heterocycles. The predicted octanol–water partition coefficient (Wildman–Crippen LogP) is 4.07. The van der Waals surface area contributed by atoms with Gasteiger partial charge in [-0.05, 0) is 48.6 Å². The van der Waals surface area contributed by atoms with E-state index >= 15 is 4.79 Å². The van der Waals surface area contributed by atoms with E-state index in [0.717, 1.165) is 0 Å². The molecular formula is C34H42O10. The summed E-state index contributed by atoms with van der Waals surface area (Å²) >= 11 is 0. The van der Waals surface area contributed by atoms with E-state index < -0.39 is 82.3 Å². The van der Waals surface area contributed by atoms with Crippen molar-refractivity contribution in [3.63, 3.8) is 0 Å². The van der Waals surface area contributed by atoms with Gasteiger partial charge in [-0.2, -0.15) is 0 Å². The van der Waals surface area contributed by atoms with E-state index in [9.17, 15) is 19.2 Å². The van der Waals surface area contributed by atoms with Gasteiger partial charge in [0.15, 0.2) is 5.60 Å². The Hall–Kier alpha value is -3.27. The average molecular weight is 611 g/mol. The van der Waals surface area contributed by atoms with Gasteiger partial charge in [0.1, 0.15) is 23.9 Å². The Morgan fingerprint density at radius 2 is 1.64 bits per heavy atom. The summed E-state index contributed by atoms with van der Waals surface area (Å²) in [6.07, 6.45) is -2.25. The molecule has 1 aromatic rings. The molecule has 1 aromatic carbocycles. The first-order chi connectivity index (χ1) is 20.6. The van der Waals surface area contributed by atoms with Crippen molar-refractivity contribution >= 4 is 29.7 Å². The van der Waals surface area contributed by atoms with Crippen molar-refractivity contribution in [2.75, 3.05) is 6.61 Å². The number of fused-ring (bicyclic) bond motifs is 2. The van der Waals surface area contributed by atoms with Gasteiger partial charge in [0.25, 0.3) is 0 Å². The lowest BCUT2D eigenvalue weighted by Gasteiger charge is -2.50. The van der Waals surface area contributed by atoms with E-state index in [-0.39, 0.29) is 42.3 Å². The number of carbonyl (C=O) groups excluding carboxylic acids is 5. The van der Waals surface area contributed by atoms with Crippen molar-refractivity contribution < 1.29 is 47.7 Å². The Kier molecular flexibility index (Phi) is 7.07. The number of hydrogen-bond acceptors (Lipinski definition) is 10. The number of ketones is 1. The van der Waals surface area contributed by atoms with Gasteiger partial charge in [0, 0.05) is 32.6 Å². The topological polar surface area (TPSA) is 132 Å². The maximum Gasteiger partial charge on any atom is 0.338 e. The first-order valence-corrected chi connectivity index (χ1v) is 15.7. The normalized spacial score (nSPS) is 42.6. The molecule has 4 saturated carbocycles. The summed E-state index contributed by atoms with van der Waals surface area (Å²) in [5, 5.41) is 0. The third-order valence-corrected chi connectivity index (χ3v) is 11.6. The molecule has 0 aromatic heterocycles. The van der Waals surface area contributed by atoms with Gasteiger partial charge >= 0.3 is 23.9 Å². The number of rotatable bonds is 6. The second kappa shape index (κ2) is 10.1. The van der Waals surface area contributed by atoms with Gasteiger partial charge in [-0.1, -0.05) is 45.9 Å². The molecule has 1 heterocycles. The van der Waals surface area contributed by atoms with Crippen molar-refractivity contribution in [2.24, 2.45) is 40.4 Å². The van der Waals surface area contributed by atoms with Crippen LogP contribution in [0.25, 0.3) is 0 Å². The number of benzene rings is 1. The van der Waals surface area contributed by atoms with E-state index in [1.54, 1.807) is 44.2 Å². The monoisotopic (exact) mass is 610 g/mol. The zero-order valence-electron chi connectivity index (χ0n) is 26.4. The van der Waals surface area contributed by atoms with E-state index in [4.69, 9.17) is 23.7 Å². The molecule has 4 aliphatic carbocycles. The summed E-state index contributed by atoms with van der Waals surface area (Å²) in [7, 11) is 0. The third-order valence-electron chi connectivity index (χ3n) is 11.6. The molecule has 1 aliphatic heterocycles. The molecule has 238 valence electrons. The number of ether oxygens (including phenoxy) is 5. The molecule has 44 heavy (non-hydrogen) atoms. The van der Waals surface area contributed by atoms with Crippen LogP contribution in [-0.2, 0) is 42.9 Å². The highest BCUT2D eigenvalue weighted by Gasteiger charge is 2.86. The van der Waals surface area contributed by atoms with Crippen LogP contribution in [-0.4, -0.2) is 65.8 Å². The fourth-order valence-corrected chi connectivity index (χ4v) is 9.84. The van der Waals surface area contributed by atoms with Gasteiger partial charge < -0.3 is 23.7 Å². The summed E-state index contributed by atoms with van der Waals surface area (Å²) in [6.45, 7) is 12.1. The zero-order chi connectivity index (χ0) is 32.0. The Bertz CT molecular complexity index is 1400. The van der Waals surface area contributed by atoms with Crippen LogP contribution < -0.4 is 0 Å². The van der Waals surface area contributed by atoms with Crippen LogP contribution in [0.1, 0.15) is 78.1 Å². The van der Waals surface area contributed by atoms with Gasteiger partial charge in [-0.3, -0.25) is 19.2 Å². The highest BCUT2D eigenvalue weighted by molar-refractivity contribution is 5.99. The smallest absolute Gasteiger partial charge is 0.338 e. The Morgan fingerprint density at radius 3 is 2.25 bits per heavy atom. The van der Waals surface area contributed by atoms with Gasteiger partial charge in [-0.25, -0.2) is 4.79 Å². The largest absolute Gasteiger partial charge is 0.462 e. The molecular weight excluding hydrogens is 568 g/mol. The van der Waals surface area contributed by atoms with E-state index in [1.165, 1.54) is 13.8 Å².